The largest absolute Gasteiger partial charge is 0.408 e. The maximum absolute atomic E-state index is 11.3. The summed E-state index contributed by atoms with van der Waals surface area (Å²) in [6.45, 7) is 3.25. The Balaban J connectivity index is 3.59. The highest BCUT2D eigenvalue weighted by molar-refractivity contribution is 6.71. The zero-order valence-corrected chi connectivity index (χ0v) is 14.5. The van der Waals surface area contributed by atoms with Crippen molar-refractivity contribution >= 4 is 38.4 Å². The van der Waals surface area contributed by atoms with Gasteiger partial charge in [0, 0.05) is 20.5 Å². The summed E-state index contributed by atoms with van der Waals surface area (Å²) in [4.78, 5) is 3.49. The molecule has 12 heavy (non-hydrogen) atoms. The van der Waals surface area contributed by atoms with Crippen LogP contribution >= 0.6 is 0 Å². The molecule has 0 aromatic rings. The predicted octanol–water partition coefficient (Wildman–Crippen LogP) is -2.64. The third kappa shape index (κ3) is 6.00. The first-order valence-corrected chi connectivity index (χ1v) is 11.2. The zero-order valence-electron chi connectivity index (χ0n) is 8.31. The summed E-state index contributed by atoms with van der Waals surface area (Å²) >= 11 is 0. The van der Waals surface area contributed by atoms with Crippen molar-refractivity contribution in [3.8, 4) is 0 Å². The van der Waals surface area contributed by atoms with Gasteiger partial charge in [0.15, 0.2) is 0 Å². The topological polar surface area (TPSA) is 41.1 Å². The first-order chi connectivity index (χ1) is 5.74. The highest BCUT2D eigenvalue weighted by Gasteiger charge is 2.10. The number of hydrogen-bond acceptors (Lipinski definition) is 2. The van der Waals surface area contributed by atoms with E-state index in [2.05, 4.69) is 16.6 Å². The Bertz CT molecular complexity index is 135. The van der Waals surface area contributed by atoms with Crippen LogP contribution in [0.2, 0.25) is 11.3 Å². The Kier molecular flexibility index (Phi) is 8.33. The summed E-state index contributed by atoms with van der Waals surface area (Å²) in [6, 6.07) is 0. The maximum atomic E-state index is 11.3. The van der Waals surface area contributed by atoms with Crippen molar-refractivity contribution in [1.29, 1.82) is 0 Å². The van der Waals surface area contributed by atoms with E-state index in [-0.39, 0.29) is 0 Å². The highest BCUT2D eigenvalue weighted by Crippen LogP contribution is 1.81. The summed E-state index contributed by atoms with van der Waals surface area (Å²) in [7, 11) is -0.0916. The molecule has 0 fully saturated rings. The average Bonchev–Trinajstić information content (AvgIpc) is 2.11. The Hall–Kier alpha value is 0.428. The van der Waals surface area contributed by atoms with Gasteiger partial charge in [-0.25, -0.2) is 0 Å². The minimum absolute atomic E-state index is 0.934. The van der Waals surface area contributed by atoms with Gasteiger partial charge in [0.2, 0.25) is 9.12 Å². The number of nitrogens with one attached hydrogen (secondary N) is 2. The molecule has 3 nitrogen and oxygen atoms in total. The van der Waals surface area contributed by atoms with Crippen LogP contribution in [0.15, 0.2) is 0 Å². The fourth-order valence-electron chi connectivity index (χ4n) is 0.912. The molecule has 1 unspecified atom stereocenters. The molecule has 72 valence electrons. The van der Waals surface area contributed by atoms with Crippen molar-refractivity contribution < 1.29 is 4.46 Å². The average molecular weight is 237 g/mol. The van der Waals surface area contributed by atoms with Crippen molar-refractivity contribution in [3.05, 3.63) is 0 Å². The molecule has 0 saturated heterocycles. The van der Waals surface area contributed by atoms with Crippen molar-refractivity contribution in [2.45, 2.75) is 24.7 Å². The van der Waals surface area contributed by atoms with Crippen molar-refractivity contribution in [3.63, 3.8) is 0 Å². The maximum Gasteiger partial charge on any atom is 0.380 e. The SMILES string of the molecule is CCCN[SiH](C[SiH3])N[Si](=O)C[SiH3]. The third-order valence-corrected chi connectivity index (χ3v) is 11.0. The zero-order chi connectivity index (χ0) is 9.40. The molecule has 0 amide bonds. The van der Waals surface area contributed by atoms with Crippen molar-refractivity contribution in [1.82, 2.24) is 9.63 Å². The van der Waals surface area contributed by atoms with E-state index < -0.39 is 18.0 Å². The van der Waals surface area contributed by atoms with Crippen LogP contribution < -0.4 is 9.63 Å². The van der Waals surface area contributed by atoms with E-state index in [1.54, 1.807) is 0 Å². The Labute approximate surface area is 84.1 Å². The van der Waals surface area contributed by atoms with Crippen LogP contribution in [-0.2, 0) is 4.46 Å². The van der Waals surface area contributed by atoms with Gasteiger partial charge in [0.05, 0.1) is 0 Å². The molecule has 0 radical (unpaired) electrons. The molecule has 2 N–H and O–H groups in total. The van der Waals surface area contributed by atoms with Crippen LogP contribution in [0.4, 0.5) is 0 Å². The van der Waals surface area contributed by atoms with Gasteiger partial charge >= 0.3 is 8.84 Å². The summed E-state index contributed by atoms with van der Waals surface area (Å²) in [5.41, 5.74) is 2.21. The lowest BCUT2D eigenvalue weighted by Crippen LogP contribution is -2.51. The Morgan fingerprint density at radius 1 is 1.50 bits per heavy atom. The lowest BCUT2D eigenvalue weighted by molar-refractivity contribution is 0.560. The van der Waals surface area contributed by atoms with E-state index in [0.29, 0.717) is 0 Å². The standard InChI is InChI=1S/C5H20N2OSi4/c1-2-3-6-11(4-9)7-12(8)5-10/h6-7,11H,2-5H2,1,9-10H3. The monoisotopic (exact) mass is 236 g/mol. The van der Waals surface area contributed by atoms with E-state index in [0.717, 1.165) is 22.5 Å². The lowest BCUT2D eigenvalue weighted by Gasteiger charge is -2.15. The summed E-state index contributed by atoms with van der Waals surface area (Å²) in [5.74, 6) is 0. The van der Waals surface area contributed by atoms with Crippen LogP contribution in [0.1, 0.15) is 13.3 Å². The molecule has 0 aliphatic rings. The molecule has 0 spiro atoms. The molecule has 0 aromatic carbocycles. The normalized spacial score (nSPS) is 13.1. The molecular weight excluding hydrogens is 216 g/mol. The van der Waals surface area contributed by atoms with Crippen LogP contribution in [-0.4, -0.2) is 45.0 Å². The van der Waals surface area contributed by atoms with Gasteiger partial charge in [-0.05, 0) is 24.3 Å². The summed E-state index contributed by atoms with van der Waals surface area (Å²) in [5, 5.41) is 0. The predicted molar refractivity (Wildman–Crippen MR) is 64.5 cm³/mol. The van der Waals surface area contributed by atoms with E-state index in [1.165, 1.54) is 22.3 Å². The van der Waals surface area contributed by atoms with Gasteiger partial charge in [-0.2, -0.15) is 0 Å². The molecule has 0 aliphatic carbocycles. The molecule has 0 saturated carbocycles. The van der Waals surface area contributed by atoms with E-state index in [9.17, 15) is 4.46 Å². The molecular formula is C5H20N2OSi4. The second kappa shape index (κ2) is 8.05. The quantitative estimate of drug-likeness (QED) is 0.475. The van der Waals surface area contributed by atoms with Crippen LogP contribution in [0, 0.1) is 0 Å². The molecule has 0 aromatic heterocycles. The van der Waals surface area contributed by atoms with E-state index in [4.69, 9.17) is 0 Å². The van der Waals surface area contributed by atoms with Gasteiger partial charge in [-0.1, -0.05) is 6.92 Å². The van der Waals surface area contributed by atoms with Gasteiger partial charge < -0.3 is 14.1 Å². The minimum Gasteiger partial charge on any atom is -0.408 e. The van der Waals surface area contributed by atoms with E-state index >= 15 is 0 Å². The summed E-state index contributed by atoms with van der Waals surface area (Å²) < 4.78 is 14.6. The first kappa shape index (κ1) is 12.4. The minimum atomic E-state index is -1.39. The molecule has 0 heterocycles. The van der Waals surface area contributed by atoms with Crippen LogP contribution in [0.5, 0.6) is 0 Å². The molecule has 0 aliphatic heterocycles. The highest BCUT2D eigenvalue weighted by atomic mass is 28.4. The second-order valence-corrected chi connectivity index (χ2v) is 12.4. The summed E-state index contributed by atoms with van der Waals surface area (Å²) in [6.07, 6.45) is 1.18. The fourth-order valence-corrected chi connectivity index (χ4v) is 9.97. The smallest absolute Gasteiger partial charge is 0.380 e. The van der Waals surface area contributed by atoms with Crippen LogP contribution in [0.3, 0.4) is 0 Å². The Morgan fingerprint density at radius 3 is 2.58 bits per heavy atom. The number of rotatable bonds is 7. The molecule has 1 atom stereocenters. The Morgan fingerprint density at radius 2 is 2.17 bits per heavy atom. The van der Waals surface area contributed by atoms with Gasteiger partial charge in [0.25, 0.3) is 0 Å². The van der Waals surface area contributed by atoms with Gasteiger partial charge in [-0.3, -0.25) is 0 Å². The third-order valence-electron chi connectivity index (χ3n) is 1.71. The fraction of sp³-hybridized carbons (Fsp3) is 1.00. The lowest BCUT2D eigenvalue weighted by atomic mass is 10.5. The van der Waals surface area contributed by atoms with Crippen molar-refractivity contribution in [2.24, 2.45) is 0 Å². The van der Waals surface area contributed by atoms with Gasteiger partial charge in [0.1, 0.15) is 0 Å². The number of hydrogen-bond donors (Lipinski definition) is 2. The molecule has 0 bridgehead atoms. The first-order valence-electron chi connectivity index (χ1n) is 4.77. The molecule has 7 heteroatoms. The van der Waals surface area contributed by atoms with E-state index in [1.807, 2.05) is 0 Å². The second-order valence-electron chi connectivity index (χ2n) is 2.84. The van der Waals surface area contributed by atoms with Gasteiger partial charge in [-0.15, -0.1) is 0 Å². The molecule has 0 rings (SSSR count). The van der Waals surface area contributed by atoms with Crippen molar-refractivity contribution in [2.75, 3.05) is 6.54 Å². The van der Waals surface area contributed by atoms with Crippen LogP contribution in [0.25, 0.3) is 0 Å².